The van der Waals surface area contributed by atoms with E-state index in [2.05, 4.69) is 55.6 Å². The summed E-state index contributed by atoms with van der Waals surface area (Å²) in [4.78, 5) is 13.3. The van der Waals surface area contributed by atoms with Gasteiger partial charge in [0.25, 0.3) is 0 Å². The first-order valence-corrected chi connectivity index (χ1v) is 37.4. The van der Waals surface area contributed by atoms with Crippen molar-refractivity contribution in [2.24, 2.45) is 0 Å². The topological polar surface area (TPSA) is 189 Å². The van der Waals surface area contributed by atoms with Gasteiger partial charge in [0, 0.05) is 0 Å². The van der Waals surface area contributed by atoms with E-state index in [-0.39, 0.29) is 12.8 Å². The lowest BCUT2D eigenvalue weighted by molar-refractivity contribution is -0.303. The Morgan fingerprint density at radius 3 is 1.03 bits per heavy atom. The molecule has 9 atom stereocenters. The lowest BCUT2D eigenvalue weighted by Crippen LogP contribution is -2.60. The number of hydrogen-bond donors (Lipinski definition) is 8. The monoisotopic (exact) mass is 1220 g/mol. The van der Waals surface area contributed by atoms with Gasteiger partial charge in [0.2, 0.25) is 5.91 Å². The van der Waals surface area contributed by atoms with E-state index in [1.807, 2.05) is 0 Å². The van der Waals surface area contributed by atoms with Crippen molar-refractivity contribution in [1.82, 2.24) is 5.32 Å². The number of hydrogen-bond acceptors (Lipinski definition) is 10. The molecular weight excluding hydrogens is 1070 g/mol. The molecule has 9 unspecified atom stereocenters. The quantitative estimate of drug-likeness (QED) is 0.0215. The number of amides is 1. The van der Waals surface area contributed by atoms with E-state index in [9.17, 15) is 40.5 Å². The highest BCUT2D eigenvalue weighted by atomic mass is 16.7. The zero-order valence-electron chi connectivity index (χ0n) is 56.3. The van der Waals surface area contributed by atoms with Crippen LogP contribution in [0, 0.1) is 0 Å². The summed E-state index contributed by atoms with van der Waals surface area (Å²) in [5, 5.41) is 76.5. The highest BCUT2D eigenvalue weighted by Crippen LogP contribution is 2.24. The molecule has 0 aromatic carbocycles. The van der Waals surface area contributed by atoms with Gasteiger partial charge in [0.15, 0.2) is 6.29 Å². The van der Waals surface area contributed by atoms with Gasteiger partial charge in [0.1, 0.15) is 36.6 Å². The number of nitrogens with one attached hydrogen (secondary N) is 1. The second-order valence-corrected chi connectivity index (χ2v) is 26.4. The van der Waals surface area contributed by atoms with Crippen LogP contribution in [-0.4, -0.2) is 110 Å². The third-order valence-corrected chi connectivity index (χ3v) is 18.2. The van der Waals surface area contributed by atoms with Crippen LogP contribution >= 0.6 is 0 Å². The Morgan fingerprint density at radius 2 is 0.698 bits per heavy atom. The molecule has 1 amide bonds. The summed E-state index contributed by atoms with van der Waals surface area (Å²) < 4.78 is 11.2. The molecule has 8 N–H and O–H groups in total. The van der Waals surface area contributed by atoms with E-state index in [0.717, 1.165) is 44.9 Å². The minimum absolute atomic E-state index is 0.243. The molecule has 0 aliphatic carbocycles. The lowest BCUT2D eigenvalue weighted by atomic mass is 9.98. The first-order chi connectivity index (χ1) is 42.2. The van der Waals surface area contributed by atoms with Crippen molar-refractivity contribution in [3.8, 4) is 0 Å². The average Bonchev–Trinajstić information content (AvgIpc) is 2.92. The van der Waals surface area contributed by atoms with Crippen LogP contribution in [0.4, 0.5) is 0 Å². The first-order valence-electron chi connectivity index (χ1n) is 37.4. The van der Waals surface area contributed by atoms with E-state index in [1.54, 1.807) is 0 Å². The summed E-state index contributed by atoms with van der Waals surface area (Å²) in [7, 11) is 0. The zero-order valence-corrected chi connectivity index (χ0v) is 56.3. The summed E-state index contributed by atoms with van der Waals surface area (Å²) in [5.74, 6) is -0.705. The Kier molecular flexibility index (Phi) is 60.8. The third kappa shape index (κ3) is 50.0. The van der Waals surface area contributed by atoms with Gasteiger partial charge >= 0.3 is 0 Å². The van der Waals surface area contributed by atoms with Crippen LogP contribution in [-0.2, 0) is 14.3 Å². The van der Waals surface area contributed by atoms with Gasteiger partial charge in [-0.3, -0.25) is 4.79 Å². The molecule has 0 aromatic heterocycles. The van der Waals surface area contributed by atoms with Gasteiger partial charge in [-0.05, 0) is 64.2 Å². The molecule has 1 fully saturated rings. The second kappa shape index (κ2) is 63.5. The van der Waals surface area contributed by atoms with Gasteiger partial charge in [-0.15, -0.1) is 0 Å². The van der Waals surface area contributed by atoms with E-state index < -0.39 is 74.2 Å². The molecular formula is C75H143NO10. The van der Waals surface area contributed by atoms with E-state index in [1.165, 1.54) is 276 Å². The summed E-state index contributed by atoms with van der Waals surface area (Å²) in [6, 6.07) is -1.19. The lowest BCUT2D eigenvalue weighted by Gasteiger charge is -2.40. The molecule has 0 radical (unpaired) electrons. The maximum absolute atomic E-state index is 13.3. The van der Waals surface area contributed by atoms with Crippen molar-refractivity contribution < 1.29 is 50.0 Å². The predicted octanol–water partition coefficient (Wildman–Crippen LogP) is 18.5. The normalized spacial score (nSPS) is 18.9. The summed E-state index contributed by atoms with van der Waals surface area (Å²) in [6.07, 6.45) is 71.1. The molecule has 0 bridgehead atoms. The zero-order chi connectivity index (χ0) is 62.4. The molecule has 508 valence electrons. The fraction of sp³-hybridized carbons (Fsp3) is 0.907. The molecule has 1 aliphatic heterocycles. The standard InChI is InChI=1S/C75H143NO10/c1-3-5-7-9-11-13-15-17-19-21-23-25-27-29-30-31-32-33-34-35-36-37-39-41-43-45-47-49-51-53-55-57-59-61-63-68(79)74(84)76-66(65-85-75-73(83)72(82)71(81)69(64-77)86-75)70(80)67(78)62-60-58-56-54-52-50-48-46-44-42-40-38-28-26-24-22-20-18-16-14-12-10-8-6-4-2/h38,40,46,48,54,56,66-73,75,77-83H,3-37,39,41-45,47,49-53,55,57-65H2,1-2H3,(H,76,84)/b40-38+,48-46+,56-54+. The number of carbonyl (C=O) groups is 1. The summed E-state index contributed by atoms with van der Waals surface area (Å²) in [5.41, 5.74) is 0. The van der Waals surface area contributed by atoms with Crippen molar-refractivity contribution in [3.05, 3.63) is 36.5 Å². The number of rotatable bonds is 66. The van der Waals surface area contributed by atoms with Crippen molar-refractivity contribution in [2.75, 3.05) is 13.2 Å². The Hall–Kier alpha value is -1.67. The second-order valence-electron chi connectivity index (χ2n) is 26.4. The summed E-state index contributed by atoms with van der Waals surface area (Å²) >= 11 is 0. The minimum atomic E-state index is -1.67. The fourth-order valence-electron chi connectivity index (χ4n) is 12.2. The average molecular weight is 1220 g/mol. The number of allylic oxidation sites excluding steroid dienone is 6. The fourth-order valence-corrected chi connectivity index (χ4v) is 12.2. The molecule has 0 spiro atoms. The molecule has 1 heterocycles. The molecule has 0 saturated carbocycles. The molecule has 11 nitrogen and oxygen atoms in total. The predicted molar refractivity (Wildman–Crippen MR) is 362 cm³/mol. The van der Waals surface area contributed by atoms with Crippen LogP contribution in [0.1, 0.15) is 367 Å². The Labute approximate surface area is 530 Å². The van der Waals surface area contributed by atoms with E-state index in [0.29, 0.717) is 19.3 Å². The van der Waals surface area contributed by atoms with Crippen LogP contribution in [0.15, 0.2) is 36.5 Å². The first kappa shape index (κ1) is 82.3. The van der Waals surface area contributed by atoms with Crippen LogP contribution < -0.4 is 5.32 Å². The third-order valence-electron chi connectivity index (χ3n) is 18.2. The minimum Gasteiger partial charge on any atom is -0.394 e. The molecule has 1 saturated heterocycles. The van der Waals surface area contributed by atoms with Gasteiger partial charge in [0.05, 0.1) is 25.4 Å². The number of ether oxygens (including phenoxy) is 2. The van der Waals surface area contributed by atoms with Gasteiger partial charge in [-0.25, -0.2) is 0 Å². The number of carbonyl (C=O) groups excluding carboxylic acids is 1. The Morgan fingerprint density at radius 1 is 0.395 bits per heavy atom. The Balaban J connectivity index is 2.18. The van der Waals surface area contributed by atoms with Gasteiger partial charge in [-0.1, -0.05) is 339 Å². The molecule has 11 heteroatoms. The largest absolute Gasteiger partial charge is 0.394 e. The maximum Gasteiger partial charge on any atom is 0.249 e. The van der Waals surface area contributed by atoms with Crippen molar-refractivity contribution in [1.29, 1.82) is 0 Å². The van der Waals surface area contributed by atoms with Crippen molar-refractivity contribution >= 4 is 5.91 Å². The molecule has 1 rings (SSSR count). The number of unbranched alkanes of at least 4 members (excludes halogenated alkanes) is 48. The number of aliphatic hydroxyl groups excluding tert-OH is 7. The molecule has 86 heavy (non-hydrogen) atoms. The highest BCUT2D eigenvalue weighted by molar-refractivity contribution is 5.80. The van der Waals surface area contributed by atoms with Crippen LogP contribution in [0.5, 0.6) is 0 Å². The molecule has 0 aromatic rings. The number of aliphatic hydroxyl groups is 7. The van der Waals surface area contributed by atoms with E-state index >= 15 is 0 Å². The van der Waals surface area contributed by atoms with Gasteiger partial charge < -0.3 is 50.5 Å². The van der Waals surface area contributed by atoms with Crippen molar-refractivity contribution in [3.63, 3.8) is 0 Å². The molecule has 1 aliphatic rings. The van der Waals surface area contributed by atoms with Gasteiger partial charge in [-0.2, -0.15) is 0 Å². The van der Waals surface area contributed by atoms with Crippen molar-refractivity contribution in [2.45, 2.75) is 422 Å². The van der Waals surface area contributed by atoms with Crippen LogP contribution in [0.3, 0.4) is 0 Å². The summed E-state index contributed by atoms with van der Waals surface area (Å²) in [6.45, 7) is 3.49. The van der Waals surface area contributed by atoms with Crippen LogP contribution in [0.25, 0.3) is 0 Å². The van der Waals surface area contributed by atoms with E-state index in [4.69, 9.17) is 9.47 Å². The van der Waals surface area contributed by atoms with Crippen LogP contribution in [0.2, 0.25) is 0 Å². The smallest absolute Gasteiger partial charge is 0.249 e. The SMILES string of the molecule is CCCCCCCCCCCCCC/C=C/CC/C=C/CC/C=C/CCCC(O)C(O)C(COC1OC(CO)C(O)C(O)C1O)NC(=O)C(O)CCCCCCCCCCCCCCCCCCCCCCCCCCCCCCCCCCCC. The highest BCUT2D eigenvalue weighted by Gasteiger charge is 2.44. The maximum atomic E-state index is 13.3. The Bertz CT molecular complexity index is 1490.